The molecule has 130 valence electrons. The van der Waals surface area contributed by atoms with Crippen LogP contribution in [0.2, 0.25) is 0 Å². The van der Waals surface area contributed by atoms with Gasteiger partial charge >= 0.3 is 18.2 Å². The van der Waals surface area contributed by atoms with Crippen molar-refractivity contribution in [3.8, 4) is 5.75 Å². The lowest BCUT2D eigenvalue weighted by atomic mass is 9.95. The largest absolute Gasteiger partial charge is 0.508 e. The number of carbonyl (C=O) groups is 2. The Labute approximate surface area is 133 Å². The standard InChI is InChI=1S/C14H12F4N2O4/c15-5-6-24-12(22)9-10(7-1-3-8(21)4-2-7)19-13(23)20-11(9)14(16,17)18/h1-4,10,21H,5-6H2,(H2,19,20,23). The van der Waals surface area contributed by atoms with Crippen molar-refractivity contribution in [1.29, 1.82) is 0 Å². The van der Waals surface area contributed by atoms with Gasteiger partial charge in [0.25, 0.3) is 0 Å². The Kier molecular flexibility index (Phi) is 4.96. The Morgan fingerprint density at radius 1 is 1.25 bits per heavy atom. The molecule has 1 aromatic carbocycles. The van der Waals surface area contributed by atoms with Crippen molar-refractivity contribution in [3.63, 3.8) is 0 Å². The molecule has 6 nitrogen and oxygen atoms in total. The van der Waals surface area contributed by atoms with Gasteiger partial charge in [-0.2, -0.15) is 13.2 Å². The van der Waals surface area contributed by atoms with Crippen LogP contribution in [0.5, 0.6) is 5.75 Å². The monoisotopic (exact) mass is 348 g/mol. The third kappa shape index (κ3) is 3.76. The molecule has 1 aliphatic rings. The Morgan fingerprint density at radius 2 is 1.88 bits per heavy atom. The fourth-order valence-electron chi connectivity index (χ4n) is 2.13. The first-order valence-corrected chi connectivity index (χ1v) is 6.65. The van der Waals surface area contributed by atoms with Gasteiger partial charge < -0.3 is 20.5 Å². The van der Waals surface area contributed by atoms with E-state index in [1.807, 2.05) is 0 Å². The first-order chi connectivity index (χ1) is 11.2. The molecule has 1 heterocycles. The number of ether oxygens (including phenoxy) is 1. The molecule has 0 spiro atoms. The third-order valence-electron chi connectivity index (χ3n) is 3.11. The number of amides is 2. The zero-order valence-corrected chi connectivity index (χ0v) is 12.0. The summed E-state index contributed by atoms with van der Waals surface area (Å²) in [5.41, 5.74) is -2.37. The number of halogens is 4. The minimum Gasteiger partial charge on any atom is -0.508 e. The summed E-state index contributed by atoms with van der Waals surface area (Å²) in [6, 6.07) is 2.21. The molecule has 1 aromatic rings. The van der Waals surface area contributed by atoms with Crippen molar-refractivity contribution in [2.45, 2.75) is 12.2 Å². The number of esters is 1. The molecule has 0 aliphatic carbocycles. The smallest absolute Gasteiger partial charge is 0.432 e. The maximum Gasteiger partial charge on any atom is 0.432 e. The van der Waals surface area contributed by atoms with Crippen molar-refractivity contribution in [1.82, 2.24) is 10.6 Å². The van der Waals surface area contributed by atoms with Crippen molar-refractivity contribution in [2.24, 2.45) is 0 Å². The second-order valence-corrected chi connectivity index (χ2v) is 4.73. The molecule has 1 aliphatic heterocycles. The number of phenolic OH excluding ortho intramolecular Hbond substituents is 1. The van der Waals surface area contributed by atoms with E-state index in [4.69, 9.17) is 0 Å². The molecule has 10 heteroatoms. The number of aromatic hydroxyl groups is 1. The summed E-state index contributed by atoms with van der Waals surface area (Å²) in [7, 11) is 0. The molecule has 2 rings (SSSR count). The maximum atomic E-state index is 13.2. The highest BCUT2D eigenvalue weighted by Crippen LogP contribution is 2.35. The molecule has 0 bridgehead atoms. The number of rotatable bonds is 4. The predicted molar refractivity (Wildman–Crippen MR) is 72.5 cm³/mol. The average molecular weight is 348 g/mol. The van der Waals surface area contributed by atoms with E-state index in [0.29, 0.717) is 0 Å². The number of benzene rings is 1. The average Bonchev–Trinajstić information content (AvgIpc) is 2.51. The first kappa shape index (κ1) is 17.6. The van der Waals surface area contributed by atoms with Crippen LogP contribution in [0.4, 0.5) is 22.4 Å². The van der Waals surface area contributed by atoms with Crippen LogP contribution in [0, 0.1) is 0 Å². The van der Waals surface area contributed by atoms with Gasteiger partial charge in [-0.1, -0.05) is 12.1 Å². The summed E-state index contributed by atoms with van der Waals surface area (Å²) in [6.45, 7) is -1.78. The molecule has 2 amide bonds. The number of alkyl halides is 4. The number of hydrogen-bond acceptors (Lipinski definition) is 4. The van der Waals surface area contributed by atoms with Gasteiger partial charge in [0.2, 0.25) is 0 Å². The van der Waals surface area contributed by atoms with Crippen molar-refractivity contribution in [3.05, 3.63) is 41.1 Å². The molecule has 0 fully saturated rings. The summed E-state index contributed by atoms with van der Waals surface area (Å²) in [6.07, 6.45) is -5.03. The van der Waals surface area contributed by atoms with E-state index in [2.05, 4.69) is 10.1 Å². The second-order valence-electron chi connectivity index (χ2n) is 4.73. The highest BCUT2D eigenvalue weighted by atomic mass is 19.4. The van der Waals surface area contributed by atoms with Gasteiger partial charge in [0.15, 0.2) is 0 Å². The van der Waals surface area contributed by atoms with Crippen LogP contribution in [-0.2, 0) is 9.53 Å². The van der Waals surface area contributed by atoms with Gasteiger partial charge in [-0.05, 0) is 17.7 Å². The molecule has 0 saturated heterocycles. The quantitative estimate of drug-likeness (QED) is 0.574. The van der Waals surface area contributed by atoms with Crippen LogP contribution >= 0.6 is 0 Å². The topological polar surface area (TPSA) is 87.7 Å². The minimum atomic E-state index is -5.03. The van der Waals surface area contributed by atoms with Gasteiger partial charge in [0.05, 0.1) is 11.6 Å². The molecular formula is C14H12F4N2O4. The number of allylic oxidation sites excluding steroid dienone is 1. The SMILES string of the molecule is O=C1NC(C(F)(F)F)=C(C(=O)OCCF)C(c2ccc(O)cc2)N1. The van der Waals surface area contributed by atoms with Crippen molar-refractivity contribution < 1.29 is 37.0 Å². The molecule has 0 aromatic heterocycles. The van der Waals surface area contributed by atoms with E-state index in [1.165, 1.54) is 29.6 Å². The van der Waals surface area contributed by atoms with E-state index >= 15 is 0 Å². The summed E-state index contributed by atoms with van der Waals surface area (Å²) in [4.78, 5) is 23.5. The maximum absolute atomic E-state index is 13.2. The van der Waals surface area contributed by atoms with Crippen LogP contribution < -0.4 is 10.6 Å². The van der Waals surface area contributed by atoms with Crippen LogP contribution in [0.3, 0.4) is 0 Å². The minimum absolute atomic E-state index is 0.108. The highest BCUT2D eigenvalue weighted by Gasteiger charge is 2.45. The van der Waals surface area contributed by atoms with E-state index in [0.717, 1.165) is 0 Å². The Balaban J connectivity index is 2.54. The molecule has 0 saturated carbocycles. The van der Waals surface area contributed by atoms with Gasteiger partial charge in [0, 0.05) is 0 Å². The fourth-order valence-corrected chi connectivity index (χ4v) is 2.13. The molecule has 1 unspecified atom stereocenters. The molecule has 24 heavy (non-hydrogen) atoms. The van der Waals surface area contributed by atoms with E-state index in [1.54, 1.807) is 0 Å². The normalized spacial score (nSPS) is 18.0. The van der Waals surface area contributed by atoms with Crippen molar-refractivity contribution in [2.75, 3.05) is 13.3 Å². The molecule has 3 N–H and O–H groups in total. The van der Waals surface area contributed by atoms with E-state index in [9.17, 15) is 32.3 Å². The third-order valence-corrected chi connectivity index (χ3v) is 3.11. The second kappa shape index (κ2) is 6.77. The van der Waals surface area contributed by atoms with E-state index in [-0.39, 0.29) is 11.3 Å². The molecular weight excluding hydrogens is 336 g/mol. The van der Waals surface area contributed by atoms with Crippen LogP contribution in [0.15, 0.2) is 35.5 Å². The zero-order chi connectivity index (χ0) is 17.9. The van der Waals surface area contributed by atoms with Gasteiger partial charge in [0.1, 0.15) is 24.7 Å². The summed E-state index contributed by atoms with van der Waals surface area (Å²) in [5.74, 6) is -1.56. The summed E-state index contributed by atoms with van der Waals surface area (Å²) < 4.78 is 56.1. The Bertz CT molecular complexity index is 670. The van der Waals surface area contributed by atoms with Crippen LogP contribution in [0.25, 0.3) is 0 Å². The number of nitrogens with one attached hydrogen (secondary N) is 2. The zero-order valence-electron chi connectivity index (χ0n) is 12.0. The van der Waals surface area contributed by atoms with Gasteiger partial charge in [-0.25, -0.2) is 14.0 Å². The number of phenols is 1. The van der Waals surface area contributed by atoms with Crippen LogP contribution in [-0.4, -0.2) is 36.6 Å². The molecule has 1 atom stereocenters. The lowest BCUT2D eigenvalue weighted by molar-refractivity contribution is -0.141. The van der Waals surface area contributed by atoms with Crippen LogP contribution in [0.1, 0.15) is 11.6 Å². The predicted octanol–water partition coefficient (Wildman–Crippen LogP) is 2.08. The Morgan fingerprint density at radius 3 is 2.42 bits per heavy atom. The summed E-state index contributed by atoms with van der Waals surface area (Å²) in [5, 5.41) is 13.0. The fraction of sp³-hybridized carbons (Fsp3) is 0.286. The van der Waals surface area contributed by atoms with E-state index < -0.39 is 48.8 Å². The number of hydrogen-bond donors (Lipinski definition) is 3. The molecule has 0 radical (unpaired) electrons. The number of urea groups is 1. The lowest BCUT2D eigenvalue weighted by Crippen LogP contribution is -2.49. The van der Waals surface area contributed by atoms with Gasteiger partial charge in [-0.15, -0.1) is 0 Å². The Hall–Kier alpha value is -2.78. The first-order valence-electron chi connectivity index (χ1n) is 6.65. The highest BCUT2D eigenvalue weighted by molar-refractivity contribution is 5.95. The summed E-state index contributed by atoms with van der Waals surface area (Å²) >= 11 is 0. The number of carbonyl (C=O) groups excluding carboxylic acids is 2. The van der Waals surface area contributed by atoms with Crippen molar-refractivity contribution >= 4 is 12.0 Å². The van der Waals surface area contributed by atoms with Gasteiger partial charge in [-0.3, -0.25) is 0 Å². The lowest BCUT2D eigenvalue weighted by Gasteiger charge is -2.30.